The number of nitrogens with zero attached hydrogens (tertiary/aromatic N) is 3. The van der Waals surface area contributed by atoms with Crippen molar-refractivity contribution in [2.24, 2.45) is 0 Å². The quantitative estimate of drug-likeness (QED) is 0.236. The van der Waals surface area contributed by atoms with Crippen molar-refractivity contribution in [1.82, 2.24) is 20.2 Å². The molecular formula is C17H23N5O6S. The minimum atomic E-state index is -0.537. The highest BCUT2D eigenvalue weighted by atomic mass is 32.2. The Bertz CT molecular complexity index is 902. The van der Waals surface area contributed by atoms with Crippen molar-refractivity contribution >= 4 is 40.3 Å². The highest BCUT2D eigenvalue weighted by Crippen LogP contribution is 2.27. The standard InChI is InChI=1S/C17H23N5O6S/c1-10(7-23)18-15(25)6-21-14-4-3-12(22(27)28)5-13(14)20-17(21)29-9-16(26)19-11(2)8-24/h3-5,10-11,23-24H,6-9H2,1-2H3,(H,18,25)(H,19,26). The van der Waals surface area contributed by atoms with Gasteiger partial charge in [-0.2, -0.15) is 0 Å². The number of thioether (sulfide) groups is 1. The first-order valence-electron chi connectivity index (χ1n) is 8.83. The Morgan fingerprint density at radius 3 is 2.41 bits per heavy atom. The number of hydrogen-bond donors (Lipinski definition) is 4. The zero-order valence-electron chi connectivity index (χ0n) is 16.0. The van der Waals surface area contributed by atoms with Gasteiger partial charge < -0.3 is 25.4 Å². The number of benzene rings is 1. The summed E-state index contributed by atoms with van der Waals surface area (Å²) in [4.78, 5) is 39.1. The van der Waals surface area contributed by atoms with Crippen LogP contribution in [0.1, 0.15) is 13.8 Å². The molecule has 4 N–H and O–H groups in total. The van der Waals surface area contributed by atoms with Crippen LogP contribution in [0.3, 0.4) is 0 Å². The Morgan fingerprint density at radius 2 is 1.83 bits per heavy atom. The Kier molecular flexibility index (Phi) is 7.93. The monoisotopic (exact) mass is 425 g/mol. The van der Waals surface area contributed by atoms with Gasteiger partial charge in [0, 0.05) is 24.2 Å². The Balaban J connectivity index is 2.29. The number of hydrogen-bond acceptors (Lipinski definition) is 8. The lowest BCUT2D eigenvalue weighted by molar-refractivity contribution is -0.384. The summed E-state index contributed by atoms with van der Waals surface area (Å²) in [6, 6.07) is 3.30. The zero-order chi connectivity index (χ0) is 21.6. The summed E-state index contributed by atoms with van der Waals surface area (Å²) in [5.41, 5.74) is 0.703. The van der Waals surface area contributed by atoms with Gasteiger partial charge in [0.2, 0.25) is 11.8 Å². The van der Waals surface area contributed by atoms with Crippen LogP contribution < -0.4 is 10.6 Å². The van der Waals surface area contributed by atoms with E-state index in [4.69, 9.17) is 10.2 Å². The minimum Gasteiger partial charge on any atom is -0.394 e. The maximum absolute atomic E-state index is 12.3. The Morgan fingerprint density at radius 1 is 1.21 bits per heavy atom. The molecule has 0 saturated carbocycles. The second-order valence-electron chi connectivity index (χ2n) is 6.50. The molecule has 0 aliphatic carbocycles. The molecule has 11 nitrogen and oxygen atoms in total. The van der Waals surface area contributed by atoms with E-state index in [1.54, 1.807) is 18.4 Å². The molecular weight excluding hydrogens is 402 g/mol. The fourth-order valence-corrected chi connectivity index (χ4v) is 3.30. The number of nitro benzene ring substituents is 1. The second kappa shape index (κ2) is 10.2. The number of aliphatic hydroxyl groups excluding tert-OH is 2. The molecule has 12 heteroatoms. The number of carbonyl (C=O) groups excluding carboxylic acids is 2. The van der Waals surface area contributed by atoms with Crippen molar-refractivity contribution < 1.29 is 24.7 Å². The highest BCUT2D eigenvalue weighted by molar-refractivity contribution is 7.99. The molecule has 2 unspecified atom stereocenters. The summed E-state index contributed by atoms with van der Waals surface area (Å²) in [5.74, 6) is -0.700. The normalized spacial score (nSPS) is 13.1. The van der Waals surface area contributed by atoms with Crippen LogP contribution in [0.2, 0.25) is 0 Å². The van der Waals surface area contributed by atoms with E-state index in [9.17, 15) is 19.7 Å². The van der Waals surface area contributed by atoms with E-state index in [0.717, 1.165) is 11.8 Å². The number of carbonyl (C=O) groups is 2. The first-order valence-corrected chi connectivity index (χ1v) is 9.81. The van der Waals surface area contributed by atoms with E-state index in [2.05, 4.69) is 15.6 Å². The van der Waals surface area contributed by atoms with Crippen LogP contribution in [-0.2, 0) is 16.1 Å². The molecule has 0 saturated heterocycles. The van der Waals surface area contributed by atoms with Crippen molar-refractivity contribution in [3.63, 3.8) is 0 Å². The third-order valence-corrected chi connectivity index (χ3v) is 4.88. The molecule has 158 valence electrons. The smallest absolute Gasteiger partial charge is 0.271 e. The maximum atomic E-state index is 12.3. The maximum Gasteiger partial charge on any atom is 0.271 e. The van der Waals surface area contributed by atoms with E-state index in [0.29, 0.717) is 16.2 Å². The zero-order valence-corrected chi connectivity index (χ0v) is 16.8. The van der Waals surface area contributed by atoms with Gasteiger partial charge in [-0.1, -0.05) is 11.8 Å². The Hall–Kier alpha value is -2.70. The van der Waals surface area contributed by atoms with Gasteiger partial charge in [-0.25, -0.2) is 4.98 Å². The average molecular weight is 425 g/mol. The molecule has 0 fully saturated rings. The van der Waals surface area contributed by atoms with Crippen molar-refractivity contribution in [2.75, 3.05) is 19.0 Å². The fourth-order valence-electron chi connectivity index (χ4n) is 2.47. The van der Waals surface area contributed by atoms with E-state index in [1.807, 2.05) is 0 Å². The van der Waals surface area contributed by atoms with Crippen LogP contribution in [0.15, 0.2) is 23.4 Å². The van der Waals surface area contributed by atoms with Crippen molar-refractivity contribution in [2.45, 2.75) is 37.6 Å². The lowest BCUT2D eigenvalue weighted by atomic mass is 10.3. The van der Waals surface area contributed by atoms with Gasteiger partial charge in [-0.15, -0.1) is 0 Å². The molecule has 2 atom stereocenters. The fraction of sp³-hybridized carbons (Fsp3) is 0.471. The Labute approximate surface area is 170 Å². The molecule has 2 rings (SSSR count). The van der Waals surface area contributed by atoms with Gasteiger partial charge in [0.05, 0.1) is 34.9 Å². The second-order valence-corrected chi connectivity index (χ2v) is 7.44. The number of amides is 2. The molecule has 0 bridgehead atoms. The average Bonchev–Trinajstić information content (AvgIpc) is 3.02. The van der Waals surface area contributed by atoms with Gasteiger partial charge in [-0.3, -0.25) is 19.7 Å². The summed E-state index contributed by atoms with van der Waals surface area (Å²) < 4.78 is 1.56. The number of nitro groups is 1. The lowest BCUT2D eigenvalue weighted by Crippen LogP contribution is -2.37. The molecule has 1 heterocycles. The third kappa shape index (κ3) is 6.14. The van der Waals surface area contributed by atoms with Crippen LogP contribution in [0.4, 0.5) is 5.69 Å². The van der Waals surface area contributed by atoms with Crippen molar-refractivity contribution in [1.29, 1.82) is 0 Å². The van der Waals surface area contributed by atoms with E-state index in [1.165, 1.54) is 18.2 Å². The van der Waals surface area contributed by atoms with Gasteiger partial charge in [0.25, 0.3) is 5.69 Å². The molecule has 29 heavy (non-hydrogen) atoms. The number of fused-ring (bicyclic) bond motifs is 1. The van der Waals surface area contributed by atoms with Crippen LogP contribution in [-0.4, -0.2) is 67.6 Å². The molecule has 2 amide bonds. The molecule has 1 aromatic heterocycles. The summed E-state index contributed by atoms with van der Waals surface area (Å²) in [5, 5.41) is 34.7. The first kappa shape index (κ1) is 22.6. The SMILES string of the molecule is CC(CO)NC(=O)CSc1nc2cc([N+](=O)[O-])ccc2n1CC(=O)NC(C)CO. The highest BCUT2D eigenvalue weighted by Gasteiger charge is 2.19. The van der Waals surface area contributed by atoms with Crippen LogP contribution >= 0.6 is 11.8 Å². The molecule has 0 spiro atoms. The summed E-state index contributed by atoms with van der Waals surface area (Å²) >= 11 is 1.07. The third-order valence-electron chi connectivity index (χ3n) is 3.90. The van der Waals surface area contributed by atoms with E-state index >= 15 is 0 Å². The van der Waals surface area contributed by atoms with Crippen LogP contribution in [0.5, 0.6) is 0 Å². The van der Waals surface area contributed by atoms with E-state index < -0.39 is 17.0 Å². The molecule has 0 aliphatic heterocycles. The van der Waals surface area contributed by atoms with E-state index in [-0.39, 0.29) is 43.0 Å². The van der Waals surface area contributed by atoms with Crippen molar-refractivity contribution in [3.05, 3.63) is 28.3 Å². The number of aliphatic hydroxyl groups is 2. The minimum absolute atomic E-state index is 0.00951. The van der Waals surface area contributed by atoms with Gasteiger partial charge in [0.15, 0.2) is 5.16 Å². The molecule has 0 aliphatic rings. The first-order chi connectivity index (χ1) is 13.7. The molecule has 2 aromatic rings. The number of imidazole rings is 1. The lowest BCUT2D eigenvalue weighted by Gasteiger charge is -2.13. The predicted octanol–water partition coefficient (Wildman–Crippen LogP) is 0.0306. The van der Waals surface area contributed by atoms with Gasteiger partial charge in [0.1, 0.15) is 6.54 Å². The molecule has 0 radical (unpaired) electrons. The van der Waals surface area contributed by atoms with Gasteiger partial charge >= 0.3 is 0 Å². The topological polar surface area (TPSA) is 160 Å². The van der Waals surface area contributed by atoms with Crippen LogP contribution in [0.25, 0.3) is 11.0 Å². The molecule has 1 aromatic carbocycles. The van der Waals surface area contributed by atoms with Crippen molar-refractivity contribution in [3.8, 4) is 0 Å². The van der Waals surface area contributed by atoms with Gasteiger partial charge in [-0.05, 0) is 19.9 Å². The number of nitrogens with one attached hydrogen (secondary N) is 2. The summed E-state index contributed by atoms with van der Waals surface area (Å²) in [6.45, 7) is 2.77. The predicted molar refractivity (Wildman–Crippen MR) is 106 cm³/mol. The number of non-ortho nitro benzene ring substituents is 1. The number of rotatable bonds is 10. The van der Waals surface area contributed by atoms with Crippen LogP contribution in [0, 0.1) is 10.1 Å². The largest absolute Gasteiger partial charge is 0.394 e. The number of aromatic nitrogens is 2. The summed E-state index contributed by atoms with van der Waals surface area (Å²) in [6.07, 6.45) is 0. The summed E-state index contributed by atoms with van der Waals surface area (Å²) in [7, 11) is 0.